The molecule has 3 aliphatic rings. The Morgan fingerprint density at radius 2 is 2.27 bits per heavy atom. The van der Waals surface area contributed by atoms with Crippen LogP contribution in [-0.4, -0.2) is 44.5 Å². The molecule has 0 aromatic carbocycles. The number of ether oxygens (including phenoxy) is 1. The fourth-order valence-electron chi connectivity index (χ4n) is 4.14. The van der Waals surface area contributed by atoms with Crippen LogP contribution in [0.25, 0.3) is 0 Å². The molecule has 0 spiro atoms. The molecule has 4 rings (SSSR count). The predicted molar refractivity (Wildman–Crippen MR) is 99.7 cm³/mol. The van der Waals surface area contributed by atoms with Crippen LogP contribution in [0.2, 0.25) is 0 Å². The van der Waals surface area contributed by atoms with E-state index in [-0.39, 0.29) is 28.8 Å². The van der Waals surface area contributed by atoms with Gasteiger partial charge >= 0.3 is 0 Å². The van der Waals surface area contributed by atoms with Crippen molar-refractivity contribution in [2.75, 3.05) is 5.75 Å². The molecule has 1 aromatic heterocycles. The van der Waals surface area contributed by atoms with Crippen LogP contribution in [0, 0.1) is 0 Å². The van der Waals surface area contributed by atoms with Crippen molar-refractivity contribution in [1.29, 1.82) is 0 Å². The summed E-state index contributed by atoms with van der Waals surface area (Å²) in [5, 5.41) is 2.99. The zero-order valence-corrected chi connectivity index (χ0v) is 15.9. The number of nitrogens with one attached hydrogen (secondary N) is 1. The number of carbonyl (C=O) groups is 2. The summed E-state index contributed by atoms with van der Waals surface area (Å²) in [5.41, 5.74) is 0.883. The van der Waals surface area contributed by atoms with Gasteiger partial charge in [0.05, 0.1) is 4.87 Å². The second-order valence-corrected chi connectivity index (χ2v) is 8.98. The Balaban J connectivity index is 1.40. The highest BCUT2D eigenvalue weighted by atomic mass is 32.2. The molecule has 1 saturated carbocycles. The van der Waals surface area contributed by atoms with Crippen molar-refractivity contribution < 1.29 is 14.3 Å². The number of aromatic nitrogens is 1. The molecule has 2 amide bonds. The summed E-state index contributed by atoms with van der Waals surface area (Å²) >= 11 is 1.71. The first-order chi connectivity index (χ1) is 12.6. The summed E-state index contributed by atoms with van der Waals surface area (Å²) in [4.78, 5) is 30.8. The third kappa shape index (κ3) is 3.29. The lowest BCUT2D eigenvalue weighted by atomic mass is 10.2. The number of thioether (sulfide) groups is 1. The first-order valence-electron chi connectivity index (χ1n) is 9.41. The molecule has 2 saturated heterocycles. The molecule has 1 aromatic rings. The average Bonchev–Trinajstić information content (AvgIpc) is 3.32. The van der Waals surface area contributed by atoms with Gasteiger partial charge in [0.1, 0.15) is 12.1 Å². The van der Waals surface area contributed by atoms with Crippen molar-refractivity contribution in [3.63, 3.8) is 0 Å². The maximum absolute atomic E-state index is 12.7. The van der Waals surface area contributed by atoms with Gasteiger partial charge in [-0.1, -0.05) is 6.07 Å². The van der Waals surface area contributed by atoms with Gasteiger partial charge in [-0.2, -0.15) is 0 Å². The van der Waals surface area contributed by atoms with Gasteiger partial charge in [0.15, 0.2) is 0 Å². The Labute approximate surface area is 158 Å². The van der Waals surface area contributed by atoms with Crippen molar-refractivity contribution >= 4 is 23.6 Å². The van der Waals surface area contributed by atoms with E-state index in [0.29, 0.717) is 24.6 Å². The summed E-state index contributed by atoms with van der Waals surface area (Å²) in [6.45, 7) is 2.43. The van der Waals surface area contributed by atoms with E-state index in [9.17, 15) is 9.59 Å². The quantitative estimate of drug-likeness (QED) is 0.856. The van der Waals surface area contributed by atoms with E-state index < -0.39 is 0 Å². The normalized spacial score (nSPS) is 28.4. The number of hydrogen-bond acceptors (Lipinski definition) is 5. The number of amides is 2. The minimum Gasteiger partial charge on any atom is -0.474 e. The van der Waals surface area contributed by atoms with Crippen LogP contribution in [0.15, 0.2) is 18.3 Å². The van der Waals surface area contributed by atoms with Crippen LogP contribution >= 0.6 is 11.8 Å². The topological polar surface area (TPSA) is 71.5 Å². The van der Waals surface area contributed by atoms with Gasteiger partial charge in [-0.25, -0.2) is 4.98 Å². The maximum Gasteiger partial charge on any atom is 0.243 e. The van der Waals surface area contributed by atoms with Crippen molar-refractivity contribution in [2.24, 2.45) is 0 Å². The van der Waals surface area contributed by atoms with Gasteiger partial charge in [0.2, 0.25) is 17.7 Å². The highest BCUT2D eigenvalue weighted by molar-refractivity contribution is 8.01. The van der Waals surface area contributed by atoms with Crippen LogP contribution in [0.1, 0.15) is 51.0 Å². The molecule has 0 unspecified atom stereocenters. The SMILES string of the molecule is C[C@@]12CCC(=O)N1[C@@H](C(=O)NCc1cccnc1OC1CCCC1)CS2. The Morgan fingerprint density at radius 3 is 3.08 bits per heavy atom. The lowest BCUT2D eigenvalue weighted by Gasteiger charge is -2.29. The summed E-state index contributed by atoms with van der Waals surface area (Å²) in [7, 11) is 0. The predicted octanol–water partition coefficient (Wildman–Crippen LogP) is 2.47. The minimum absolute atomic E-state index is 0.0873. The number of rotatable bonds is 5. The Kier molecular flexibility index (Phi) is 4.82. The van der Waals surface area contributed by atoms with Crippen molar-refractivity contribution in [3.8, 4) is 5.88 Å². The van der Waals surface area contributed by atoms with Gasteiger partial charge in [-0.15, -0.1) is 11.8 Å². The van der Waals surface area contributed by atoms with Crippen molar-refractivity contribution in [1.82, 2.24) is 15.2 Å². The largest absolute Gasteiger partial charge is 0.474 e. The second-order valence-electron chi connectivity index (χ2n) is 7.48. The van der Waals surface area contributed by atoms with Crippen LogP contribution in [0.4, 0.5) is 0 Å². The van der Waals surface area contributed by atoms with E-state index >= 15 is 0 Å². The van der Waals surface area contributed by atoms with Crippen molar-refractivity contribution in [2.45, 2.75) is 69.0 Å². The zero-order chi connectivity index (χ0) is 18.1. The molecular formula is C19H25N3O3S. The third-order valence-corrected chi connectivity index (χ3v) is 7.14. The molecule has 3 heterocycles. The summed E-state index contributed by atoms with van der Waals surface area (Å²) in [6.07, 6.45) is 7.84. The van der Waals surface area contributed by atoms with E-state index in [0.717, 1.165) is 24.8 Å². The first-order valence-corrected chi connectivity index (χ1v) is 10.4. The highest BCUT2D eigenvalue weighted by Gasteiger charge is 2.52. The zero-order valence-electron chi connectivity index (χ0n) is 15.1. The smallest absolute Gasteiger partial charge is 0.243 e. The minimum atomic E-state index is -0.379. The van der Waals surface area contributed by atoms with Gasteiger partial charge < -0.3 is 15.0 Å². The van der Waals surface area contributed by atoms with E-state index in [1.807, 2.05) is 12.1 Å². The van der Waals surface area contributed by atoms with Gasteiger partial charge in [-0.3, -0.25) is 9.59 Å². The molecule has 2 aliphatic heterocycles. The molecule has 140 valence electrons. The van der Waals surface area contributed by atoms with Crippen molar-refractivity contribution in [3.05, 3.63) is 23.9 Å². The lowest BCUT2D eigenvalue weighted by molar-refractivity contribution is -0.138. The van der Waals surface area contributed by atoms with Crippen LogP contribution in [-0.2, 0) is 16.1 Å². The molecule has 0 radical (unpaired) electrons. The number of carbonyl (C=O) groups excluding carboxylic acids is 2. The molecule has 26 heavy (non-hydrogen) atoms. The summed E-state index contributed by atoms with van der Waals surface area (Å²) < 4.78 is 6.04. The number of pyridine rings is 1. The highest BCUT2D eigenvalue weighted by Crippen LogP contribution is 2.47. The van der Waals surface area contributed by atoms with E-state index in [1.54, 1.807) is 22.9 Å². The Morgan fingerprint density at radius 1 is 1.46 bits per heavy atom. The standard InChI is InChI=1S/C19H25N3O3S/c1-19-9-8-16(23)22(19)15(12-26-19)17(24)21-11-13-5-4-10-20-18(13)25-14-6-2-3-7-14/h4-5,10,14-15H,2-3,6-9,11-12H2,1H3,(H,21,24)/t15-,19-/m1/s1. The monoisotopic (exact) mass is 375 g/mol. The second kappa shape index (κ2) is 7.10. The van der Waals surface area contributed by atoms with Gasteiger partial charge in [0, 0.05) is 30.5 Å². The molecule has 3 fully saturated rings. The third-order valence-electron chi connectivity index (χ3n) is 5.63. The van der Waals surface area contributed by atoms with Crippen LogP contribution in [0.3, 0.4) is 0 Å². The first kappa shape index (κ1) is 17.6. The summed E-state index contributed by atoms with van der Waals surface area (Å²) in [6, 6.07) is 3.41. The van der Waals surface area contributed by atoms with E-state index in [1.165, 1.54) is 12.8 Å². The molecule has 1 N–H and O–H groups in total. The van der Waals surface area contributed by atoms with E-state index in [4.69, 9.17) is 4.74 Å². The number of nitrogens with zero attached hydrogens (tertiary/aromatic N) is 2. The molecule has 2 atom stereocenters. The number of hydrogen-bond donors (Lipinski definition) is 1. The Hall–Kier alpha value is -1.76. The van der Waals surface area contributed by atoms with Gasteiger partial charge in [0.25, 0.3) is 0 Å². The fourth-order valence-corrected chi connectivity index (χ4v) is 5.58. The maximum atomic E-state index is 12.7. The van der Waals surface area contributed by atoms with Crippen LogP contribution < -0.4 is 10.1 Å². The molecule has 1 aliphatic carbocycles. The Bertz CT molecular complexity index is 707. The van der Waals surface area contributed by atoms with E-state index in [2.05, 4.69) is 17.2 Å². The van der Waals surface area contributed by atoms with Crippen LogP contribution in [0.5, 0.6) is 5.88 Å². The molecular weight excluding hydrogens is 350 g/mol. The van der Waals surface area contributed by atoms with Gasteiger partial charge in [-0.05, 0) is 45.1 Å². The molecule has 6 nitrogen and oxygen atoms in total. The molecule has 7 heteroatoms. The lowest BCUT2D eigenvalue weighted by Crippen LogP contribution is -2.49. The number of fused-ring (bicyclic) bond motifs is 1. The summed E-state index contributed by atoms with van der Waals surface area (Å²) in [5.74, 6) is 1.27. The fraction of sp³-hybridized carbons (Fsp3) is 0.632. The average molecular weight is 375 g/mol. The molecule has 0 bridgehead atoms.